The molecule has 0 aliphatic carbocycles. The topological polar surface area (TPSA) is 54.0 Å². The van der Waals surface area contributed by atoms with Crippen molar-refractivity contribution in [3.8, 4) is 11.5 Å². The van der Waals surface area contributed by atoms with Crippen molar-refractivity contribution < 1.29 is 14.3 Å². The molecule has 0 atom stereocenters. The van der Waals surface area contributed by atoms with Crippen molar-refractivity contribution >= 4 is 11.7 Å². The lowest BCUT2D eigenvalue weighted by Crippen LogP contribution is -2.44. The highest BCUT2D eigenvalue weighted by Crippen LogP contribution is 2.30. The van der Waals surface area contributed by atoms with Gasteiger partial charge in [-0.15, -0.1) is 0 Å². The van der Waals surface area contributed by atoms with Crippen LogP contribution < -0.4 is 14.8 Å². The molecule has 0 radical (unpaired) electrons. The van der Waals surface area contributed by atoms with E-state index in [1.54, 1.807) is 26.4 Å². The molecule has 2 heterocycles. The van der Waals surface area contributed by atoms with Crippen LogP contribution in [0, 0.1) is 5.92 Å². The van der Waals surface area contributed by atoms with E-state index in [0.29, 0.717) is 23.1 Å². The molecule has 30 heavy (non-hydrogen) atoms. The summed E-state index contributed by atoms with van der Waals surface area (Å²) >= 11 is 0. The second kappa shape index (κ2) is 9.39. The summed E-state index contributed by atoms with van der Waals surface area (Å²) < 4.78 is 10.6. The Balaban J connectivity index is 1.28. The number of carbonyl (C=O) groups excluding carboxylic acids is 1. The molecule has 1 N–H and O–H groups in total. The Labute approximate surface area is 178 Å². The van der Waals surface area contributed by atoms with Crippen molar-refractivity contribution in [1.82, 2.24) is 9.80 Å². The predicted octanol–water partition coefficient (Wildman–Crippen LogP) is 4.01. The first-order valence-electron chi connectivity index (χ1n) is 10.7. The summed E-state index contributed by atoms with van der Waals surface area (Å²) in [5.41, 5.74) is 3.59. The van der Waals surface area contributed by atoms with Crippen LogP contribution >= 0.6 is 0 Å². The van der Waals surface area contributed by atoms with Crippen molar-refractivity contribution in [3.05, 3.63) is 53.6 Å². The number of ether oxygens (including phenoxy) is 2. The molecule has 0 saturated carbocycles. The molecule has 0 bridgehead atoms. The van der Waals surface area contributed by atoms with E-state index in [-0.39, 0.29) is 6.03 Å². The quantitative estimate of drug-likeness (QED) is 0.811. The zero-order valence-corrected chi connectivity index (χ0v) is 17.9. The Morgan fingerprint density at radius 3 is 2.53 bits per heavy atom. The van der Waals surface area contributed by atoms with Gasteiger partial charge < -0.3 is 19.7 Å². The SMILES string of the molecule is COc1ccc(OC)c(NC(=O)N2CCC(CN3CCc4ccccc4C3)CC2)c1. The van der Waals surface area contributed by atoms with Gasteiger partial charge in [-0.2, -0.15) is 0 Å². The molecule has 160 valence electrons. The van der Waals surface area contributed by atoms with E-state index in [4.69, 9.17) is 9.47 Å². The third-order valence-corrected chi connectivity index (χ3v) is 6.28. The van der Waals surface area contributed by atoms with Crippen molar-refractivity contribution in [2.45, 2.75) is 25.8 Å². The molecule has 4 rings (SSSR count). The Morgan fingerprint density at radius 2 is 1.80 bits per heavy atom. The maximum atomic E-state index is 12.8. The summed E-state index contributed by atoms with van der Waals surface area (Å²) in [6, 6.07) is 14.1. The molecule has 2 aromatic rings. The Kier molecular flexibility index (Phi) is 6.43. The van der Waals surface area contributed by atoms with Gasteiger partial charge in [0.2, 0.25) is 0 Å². The van der Waals surface area contributed by atoms with E-state index in [1.165, 1.54) is 11.1 Å². The van der Waals surface area contributed by atoms with Crippen LogP contribution in [0.25, 0.3) is 0 Å². The van der Waals surface area contributed by atoms with E-state index in [9.17, 15) is 4.79 Å². The Hall–Kier alpha value is -2.73. The first-order chi connectivity index (χ1) is 14.7. The number of fused-ring (bicyclic) bond motifs is 1. The smallest absolute Gasteiger partial charge is 0.321 e. The second-order valence-electron chi connectivity index (χ2n) is 8.18. The van der Waals surface area contributed by atoms with Gasteiger partial charge >= 0.3 is 6.03 Å². The maximum Gasteiger partial charge on any atom is 0.321 e. The molecular weight excluding hydrogens is 378 g/mol. The van der Waals surface area contributed by atoms with Crippen LogP contribution in [0.5, 0.6) is 11.5 Å². The van der Waals surface area contributed by atoms with Gasteiger partial charge in [-0.1, -0.05) is 24.3 Å². The summed E-state index contributed by atoms with van der Waals surface area (Å²) in [6.07, 6.45) is 3.22. The van der Waals surface area contributed by atoms with Gasteiger partial charge in [0.05, 0.1) is 19.9 Å². The van der Waals surface area contributed by atoms with Crippen molar-refractivity contribution in [1.29, 1.82) is 0 Å². The summed E-state index contributed by atoms with van der Waals surface area (Å²) in [5.74, 6) is 1.96. The van der Waals surface area contributed by atoms with Crippen LogP contribution in [0.3, 0.4) is 0 Å². The number of carbonyl (C=O) groups is 1. The molecular formula is C24H31N3O3. The highest BCUT2D eigenvalue weighted by atomic mass is 16.5. The van der Waals surface area contributed by atoms with Gasteiger partial charge in [0.15, 0.2) is 0 Å². The largest absolute Gasteiger partial charge is 0.497 e. The first-order valence-corrected chi connectivity index (χ1v) is 10.7. The molecule has 1 fully saturated rings. The van der Waals surface area contributed by atoms with Crippen molar-refractivity contribution in [2.24, 2.45) is 5.92 Å². The van der Waals surface area contributed by atoms with Gasteiger partial charge in [-0.3, -0.25) is 4.90 Å². The van der Waals surface area contributed by atoms with Gasteiger partial charge in [-0.25, -0.2) is 4.79 Å². The van der Waals surface area contributed by atoms with Crippen LogP contribution in [0.4, 0.5) is 10.5 Å². The standard InChI is InChI=1S/C24H31N3O3/c1-29-21-7-8-23(30-2)22(15-21)25-24(28)27-13-9-18(10-14-27)16-26-12-11-19-5-3-4-6-20(19)17-26/h3-8,15,18H,9-14,16-17H2,1-2H3,(H,25,28). The number of rotatable bonds is 5. The van der Waals surface area contributed by atoms with Gasteiger partial charge in [0.25, 0.3) is 0 Å². The van der Waals surface area contributed by atoms with E-state index < -0.39 is 0 Å². The Bertz CT molecular complexity index is 878. The van der Waals surface area contributed by atoms with E-state index in [2.05, 4.69) is 34.5 Å². The summed E-state index contributed by atoms with van der Waals surface area (Å²) in [7, 11) is 3.21. The Morgan fingerprint density at radius 1 is 1.03 bits per heavy atom. The van der Waals surface area contributed by atoms with Crippen LogP contribution in [-0.4, -0.2) is 56.2 Å². The van der Waals surface area contributed by atoms with Crippen LogP contribution in [0.2, 0.25) is 0 Å². The number of amides is 2. The molecule has 0 spiro atoms. The summed E-state index contributed by atoms with van der Waals surface area (Å²) in [5, 5.41) is 2.98. The monoisotopic (exact) mass is 409 g/mol. The molecule has 6 heteroatoms. The van der Waals surface area contributed by atoms with E-state index in [0.717, 1.165) is 52.0 Å². The highest BCUT2D eigenvalue weighted by Gasteiger charge is 2.26. The molecule has 6 nitrogen and oxygen atoms in total. The number of hydrogen-bond acceptors (Lipinski definition) is 4. The van der Waals surface area contributed by atoms with E-state index >= 15 is 0 Å². The number of likely N-dealkylation sites (tertiary alicyclic amines) is 1. The number of nitrogens with one attached hydrogen (secondary N) is 1. The van der Waals surface area contributed by atoms with Gasteiger partial charge in [-0.05, 0) is 48.4 Å². The summed E-state index contributed by atoms with van der Waals surface area (Å²) in [4.78, 5) is 17.3. The number of benzene rings is 2. The van der Waals surface area contributed by atoms with Gasteiger partial charge in [0, 0.05) is 38.8 Å². The number of piperidine rings is 1. The third-order valence-electron chi connectivity index (χ3n) is 6.28. The fourth-order valence-corrected chi connectivity index (χ4v) is 4.50. The molecule has 2 aliphatic heterocycles. The number of urea groups is 1. The van der Waals surface area contributed by atoms with Crippen LogP contribution in [-0.2, 0) is 13.0 Å². The summed E-state index contributed by atoms with van der Waals surface area (Å²) in [6.45, 7) is 4.87. The minimum absolute atomic E-state index is 0.0769. The number of methoxy groups -OCH3 is 2. The average Bonchev–Trinajstić information content (AvgIpc) is 2.79. The lowest BCUT2D eigenvalue weighted by Gasteiger charge is -2.36. The molecule has 2 aliphatic rings. The number of nitrogens with zero attached hydrogens (tertiary/aromatic N) is 2. The zero-order valence-electron chi connectivity index (χ0n) is 17.9. The van der Waals surface area contributed by atoms with Crippen molar-refractivity contribution in [3.63, 3.8) is 0 Å². The second-order valence-corrected chi connectivity index (χ2v) is 8.18. The lowest BCUT2D eigenvalue weighted by molar-refractivity contribution is 0.147. The highest BCUT2D eigenvalue weighted by molar-refractivity contribution is 5.91. The van der Waals surface area contributed by atoms with Crippen LogP contribution in [0.1, 0.15) is 24.0 Å². The zero-order chi connectivity index (χ0) is 20.9. The normalized spacial score (nSPS) is 17.3. The minimum atomic E-state index is -0.0769. The maximum absolute atomic E-state index is 12.8. The molecule has 0 aromatic heterocycles. The predicted molar refractivity (Wildman–Crippen MR) is 118 cm³/mol. The molecule has 2 aromatic carbocycles. The minimum Gasteiger partial charge on any atom is -0.497 e. The first kappa shape index (κ1) is 20.5. The third kappa shape index (κ3) is 4.70. The molecule has 0 unspecified atom stereocenters. The van der Waals surface area contributed by atoms with E-state index in [1.807, 2.05) is 11.0 Å². The number of hydrogen-bond donors (Lipinski definition) is 1. The average molecular weight is 410 g/mol. The fraction of sp³-hybridized carbons (Fsp3) is 0.458. The molecule has 1 saturated heterocycles. The fourth-order valence-electron chi connectivity index (χ4n) is 4.50. The van der Waals surface area contributed by atoms with Crippen LogP contribution in [0.15, 0.2) is 42.5 Å². The lowest BCUT2D eigenvalue weighted by atomic mass is 9.94. The van der Waals surface area contributed by atoms with Crippen molar-refractivity contribution in [2.75, 3.05) is 45.7 Å². The van der Waals surface area contributed by atoms with Gasteiger partial charge in [0.1, 0.15) is 11.5 Å². The number of anilines is 1. The molecule has 2 amide bonds.